The summed E-state index contributed by atoms with van der Waals surface area (Å²) >= 11 is 0. The van der Waals surface area contributed by atoms with Crippen LogP contribution in [0, 0.1) is 5.92 Å². The maximum absolute atomic E-state index is 12.9. The monoisotopic (exact) mass is 325 g/mol. The van der Waals surface area contributed by atoms with E-state index in [1.165, 1.54) is 25.7 Å². The van der Waals surface area contributed by atoms with Crippen molar-refractivity contribution in [2.75, 3.05) is 6.54 Å². The molecule has 24 heavy (non-hydrogen) atoms. The minimum absolute atomic E-state index is 0.147. The zero-order valence-corrected chi connectivity index (χ0v) is 13.8. The molecule has 1 aromatic carbocycles. The van der Waals surface area contributed by atoms with Crippen LogP contribution in [0.5, 0.6) is 0 Å². The zero-order valence-electron chi connectivity index (χ0n) is 13.8. The maximum Gasteiger partial charge on any atom is 0.272 e. The van der Waals surface area contributed by atoms with Crippen molar-refractivity contribution in [2.24, 2.45) is 5.92 Å². The second kappa shape index (κ2) is 6.38. The number of rotatable bonds is 3. The Morgan fingerprint density at radius 1 is 1.12 bits per heavy atom. The second-order valence-electron chi connectivity index (χ2n) is 7.06. The molecule has 5 heteroatoms. The van der Waals surface area contributed by atoms with E-state index >= 15 is 0 Å². The molecule has 1 saturated carbocycles. The number of carbonyl (C=O) groups excluding carboxylic acids is 1. The van der Waals surface area contributed by atoms with Gasteiger partial charge < -0.3 is 4.90 Å². The SMILES string of the molecule is O=C(Cc1n[nH]c(=O)c2ccccc12)N1CCC[C@H]1C1CCCC1. The van der Waals surface area contributed by atoms with Crippen LogP contribution in [0.2, 0.25) is 0 Å². The van der Waals surface area contributed by atoms with Crippen molar-refractivity contribution in [1.82, 2.24) is 15.1 Å². The summed E-state index contributed by atoms with van der Waals surface area (Å²) in [4.78, 5) is 26.9. The Kier molecular flexibility index (Phi) is 4.08. The zero-order chi connectivity index (χ0) is 16.5. The molecule has 2 fully saturated rings. The molecule has 0 bridgehead atoms. The van der Waals surface area contributed by atoms with Gasteiger partial charge in [0.15, 0.2) is 0 Å². The van der Waals surface area contributed by atoms with E-state index in [0.29, 0.717) is 23.0 Å². The quantitative estimate of drug-likeness (QED) is 0.943. The van der Waals surface area contributed by atoms with Gasteiger partial charge in [0.25, 0.3) is 5.56 Å². The van der Waals surface area contributed by atoms with E-state index in [4.69, 9.17) is 0 Å². The van der Waals surface area contributed by atoms with E-state index in [0.717, 1.165) is 24.8 Å². The lowest BCUT2D eigenvalue weighted by atomic mass is 9.95. The normalized spacial score (nSPS) is 21.7. The Morgan fingerprint density at radius 2 is 1.88 bits per heavy atom. The first kappa shape index (κ1) is 15.4. The van der Waals surface area contributed by atoms with Crippen molar-refractivity contribution >= 4 is 16.7 Å². The Morgan fingerprint density at radius 3 is 2.67 bits per heavy atom. The minimum Gasteiger partial charge on any atom is -0.339 e. The minimum atomic E-state index is -0.202. The number of nitrogens with one attached hydrogen (secondary N) is 1. The number of hydrogen-bond donors (Lipinski definition) is 1. The van der Waals surface area contributed by atoms with E-state index in [2.05, 4.69) is 15.1 Å². The van der Waals surface area contributed by atoms with Gasteiger partial charge in [0.05, 0.1) is 17.5 Å². The third-order valence-corrected chi connectivity index (χ3v) is 5.66. The fraction of sp³-hybridized carbons (Fsp3) is 0.526. The molecule has 1 aliphatic carbocycles. The van der Waals surface area contributed by atoms with Gasteiger partial charge in [0.1, 0.15) is 0 Å². The average Bonchev–Trinajstić information content (AvgIpc) is 3.28. The van der Waals surface area contributed by atoms with Gasteiger partial charge in [-0.15, -0.1) is 0 Å². The van der Waals surface area contributed by atoms with Gasteiger partial charge in [-0.05, 0) is 37.7 Å². The molecule has 2 aromatic rings. The Labute approximate surface area is 141 Å². The molecule has 2 aliphatic rings. The number of carbonyl (C=O) groups is 1. The fourth-order valence-corrected chi connectivity index (χ4v) is 4.49. The Hall–Kier alpha value is -2.17. The van der Waals surface area contributed by atoms with Crippen LogP contribution in [0.25, 0.3) is 10.8 Å². The molecule has 0 radical (unpaired) electrons. The summed E-state index contributed by atoms with van der Waals surface area (Å²) in [5.41, 5.74) is 0.471. The van der Waals surface area contributed by atoms with Gasteiger partial charge in [-0.3, -0.25) is 9.59 Å². The first-order valence-corrected chi connectivity index (χ1v) is 9.00. The Balaban J connectivity index is 1.58. The number of fused-ring (bicyclic) bond motifs is 1. The van der Waals surface area contributed by atoms with Crippen molar-refractivity contribution in [3.8, 4) is 0 Å². The fourth-order valence-electron chi connectivity index (χ4n) is 4.49. The summed E-state index contributed by atoms with van der Waals surface area (Å²) in [6, 6.07) is 7.78. The first-order valence-electron chi connectivity index (χ1n) is 9.00. The molecule has 1 aromatic heterocycles. The molecule has 126 valence electrons. The summed E-state index contributed by atoms with van der Waals surface area (Å²) < 4.78 is 0. The highest BCUT2D eigenvalue weighted by atomic mass is 16.2. The number of aromatic nitrogens is 2. The summed E-state index contributed by atoms with van der Waals surface area (Å²) in [5, 5.41) is 8.07. The number of aromatic amines is 1. The van der Waals surface area contributed by atoms with Crippen LogP contribution in [-0.2, 0) is 11.2 Å². The third-order valence-electron chi connectivity index (χ3n) is 5.66. The van der Waals surface area contributed by atoms with E-state index < -0.39 is 0 Å². The highest BCUT2D eigenvalue weighted by Crippen LogP contribution is 2.35. The predicted molar refractivity (Wildman–Crippen MR) is 92.8 cm³/mol. The van der Waals surface area contributed by atoms with E-state index in [1.807, 2.05) is 18.2 Å². The predicted octanol–water partition coefficient (Wildman–Crippen LogP) is 2.65. The molecule has 1 aliphatic heterocycles. The van der Waals surface area contributed by atoms with Crippen molar-refractivity contribution in [2.45, 2.75) is 51.0 Å². The summed E-state index contributed by atoms with van der Waals surface area (Å²) in [6.07, 6.45) is 7.62. The number of H-pyrrole nitrogens is 1. The number of amides is 1. The molecule has 4 rings (SSSR count). The molecular formula is C19H23N3O2. The van der Waals surface area contributed by atoms with Crippen LogP contribution in [0.1, 0.15) is 44.2 Å². The van der Waals surface area contributed by atoms with E-state index in [9.17, 15) is 9.59 Å². The smallest absolute Gasteiger partial charge is 0.272 e. The second-order valence-corrected chi connectivity index (χ2v) is 7.06. The van der Waals surface area contributed by atoms with E-state index in [1.54, 1.807) is 6.07 Å². The number of likely N-dealkylation sites (tertiary alicyclic amines) is 1. The average molecular weight is 325 g/mol. The standard InChI is InChI=1S/C19H23N3O2/c23-18(22-11-5-10-17(22)13-6-1-2-7-13)12-16-14-8-3-4-9-15(14)19(24)21-20-16/h3-4,8-9,13,17H,1-2,5-7,10-12H2,(H,21,24)/t17-/m0/s1. The van der Waals surface area contributed by atoms with Crippen LogP contribution in [-0.4, -0.2) is 33.6 Å². The molecule has 5 nitrogen and oxygen atoms in total. The summed E-state index contributed by atoms with van der Waals surface area (Å²) in [7, 11) is 0. The lowest BCUT2D eigenvalue weighted by Crippen LogP contribution is -2.40. The summed E-state index contributed by atoms with van der Waals surface area (Å²) in [5.74, 6) is 0.825. The van der Waals surface area contributed by atoms with Crippen LogP contribution in [0.15, 0.2) is 29.1 Å². The molecular weight excluding hydrogens is 302 g/mol. The van der Waals surface area contributed by atoms with Crippen molar-refractivity contribution < 1.29 is 4.79 Å². The highest BCUT2D eigenvalue weighted by Gasteiger charge is 2.35. The molecule has 2 heterocycles. The topological polar surface area (TPSA) is 66.1 Å². The van der Waals surface area contributed by atoms with Crippen LogP contribution >= 0.6 is 0 Å². The maximum atomic E-state index is 12.9. The molecule has 1 atom stereocenters. The lowest BCUT2D eigenvalue weighted by molar-refractivity contribution is -0.132. The molecule has 0 spiro atoms. The largest absolute Gasteiger partial charge is 0.339 e. The van der Waals surface area contributed by atoms with Gasteiger partial charge in [-0.2, -0.15) is 5.10 Å². The number of nitrogens with zero attached hydrogens (tertiary/aromatic N) is 2. The number of benzene rings is 1. The van der Waals surface area contributed by atoms with Crippen molar-refractivity contribution in [1.29, 1.82) is 0 Å². The lowest BCUT2D eigenvalue weighted by Gasteiger charge is -2.29. The van der Waals surface area contributed by atoms with Crippen LogP contribution in [0.4, 0.5) is 0 Å². The summed E-state index contributed by atoms with van der Waals surface area (Å²) in [6.45, 7) is 0.862. The molecule has 1 saturated heterocycles. The molecule has 1 N–H and O–H groups in total. The van der Waals surface area contributed by atoms with Crippen molar-refractivity contribution in [3.05, 3.63) is 40.3 Å². The van der Waals surface area contributed by atoms with Gasteiger partial charge in [0, 0.05) is 18.0 Å². The molecule has 0 unspecified atom stereocenters. The van der Waals surface area contributed by atoms with Crippen molar-refractivity contribution in [3.63, 3.8) is 0 Å². The van der Waals surface area contributed by atoms with E-state index in [-0.39, 0.29) is 17.9 Å². The third kappa shape index (κ3) is 2.72. The van der Waals surface area contributed by atoms with Crippen LogP contribution < -0.4 is 5.56 Å². The van der Waals surface area contributed by atoms with Gasteiger partial charge in [0.2, 0.25) is 5.91 Å². The first-order chi connectivity index (χ1) is 11.7. The van der Waals surface area contributed by atoms with Gasteiger partial charge in [-0.25, -0.2) is 5.10 Å². The Bertz CT molecular complexity index is 808. The number of hydrogen-bond acceptors (Lipinski definition) is 3. The van der Waals surface area contributed by atoms with Gasteiger partial charge in [-0.1, -0.05) is 31.0 Å². The molecule has 1 amide bonds. The highest BCUT2D eigenvalue weighted by molar-refractivity contribution is 5.88. The van der Waals surface area contributed by atoms with Crippen LogP contribution in [0.3, 0.4) is 0 Å². The van der Waals surface area contributed by atoms with Gasteiger partial charge >= 0.3 is 0 Å².